The van der Waals surface area contributed by atoms with Crippen molar-refractivity contribution in [2.75, 3.05) is 19.1 Å². The van der Waals surface area contributed by atoms with Crippen molar-refractivity contribution in [1.82, 2.24) is 5.32 Å². The lowest BCUT2D eigenvalue weighted by Gasteiger charge is -2.24. The Morgan fingerprint density at radius 1 is 1.33 bits per heavy atom. The van der Waals surface area contributed by atoms with E-state index in [0.717, 1.165) is 17.9 Å². The number of hydrogen-bond acceptors (Lipinski definition) is 3. The lowest BCUT2D eigenvalue weighted by Crippen LogP contribution is -2.44. The van der Waals surface area contributed by atoms with Gasteiger partial charge in [0.1, 0.15) is 5.75 Å². The molecule has 1 saturated carbocycles. The Hall–Kier alpha value is -1.55. The summed E-state index contributed by atoms with van der Waals surface area (Å²) in [4.78, 5) is 14.5. The van der Waals surface area contributed by atoms with E-state index in [-0.39, 0.29) is 11.9 Å². The zero-order valence-corrected chi connectivity index (χ0v) is 12.8. The first-order valence-corrected chi connectivity index (χ1v) is 7.86. The molecule has 0 radical (unpaired) electrons. The quantitative estimate of drug-likeness (QED) is 0.929. The van der Waals surface area contributed by atoms with Crippen LogP contribution in [0.25, 0.3) is 0 Å². The number of likely N-dealkylation sites (N-methyl/N-ethyl adjacent to an activating group) is 1. The molecule has 1 aliphatic heterocycles. The van der Waals surface area contributed by atoms with Crippen molar-refractivity contribution in [2.45, 2.75) is 44.2 Å². The van der Waals surface area contributed by atoms with Gasteiger partial charge in [0, 0.05) is 24.8 Å². The summed E-state index contributed by atoms with van der Waals surface area (Å²) < 4.78 is 5.23. The van der Waals surface area contributed by atoms with Crippen molar-refractivity contribution >= 4 is 11.6 Å². The van der Waals surface area contributed by atoms with E-state index >= 15 is 0 Å². The van der Waals surface area contributed by atoms with Crippen LogP contribution in [0.1, 0.15) is 32.1 Å². The number of anilines is 1. The number of hydrogen-bond donors (Lipinski definition) is 1. The summed E-state index contributed by atoms with van der Waals surface area (Å²) >= 11 is 0. The van der Waals surface area contributed by atoms with Crippen LogP contribution in [0.5, 0.6) is 5.75 Å². The van der Waals surface area contributed by atoms with Gasteiger partial charge in [-0.15, -0.1) is 0 Å². The van der Waals surface area contributed by atoms with Gasteiger partial charge in [-0.25, -0.2) is 0 Å². The molecule has 1 heterocycles. The largest absolute Gasteiger partial charge is 0.497 e. The molecule has 4 heteroatoms. The van der Waals surface area contributed by atoms with Crippen molar-refractivity contribution in [1.29, 1.82) is 0 Å². The fourth-order valence-corrected chi connectivity index (χ4v) is 3.69. The summed E-state index contributed by atoms with van der Waals surface area (Å²) in [7, 11) is 3.49. The Kier molecular flexibility index (Phi) is 4.15. The van der Waals surface area contributed by atoms with Gasteiger partial charge in [-0.3, -0.25) is 4.79 Å². The number of ether oxygens (including phenoxy) is 1. The van der Waals surface area contributed by atoms with Gasteiger partial charge in [0.2, 0.25) is 5.91 Å². The molecule has 21 heavy (non-hydrogen) atoms. The molecule has 0 aromatic heterocycles. The Bertz CT molecular complexity index is 503. The molecule has 2 aliphatic rings. The second-order valence-corrected chi connectivity index (χ2v) is 6.20. The molecule has 114 valence electrons. The minimum Gasteiger partial charge on any atom is -0.497 e. The lowest BCUT2D eigenvalue weighted by molar-refractivity contribution is -0.120. The fraction of sp³-hybridized carbons (Fsp3) is 0.588. The third kappa shape index (κ3) is 2.91. The molecule has 0 bridgehead atoms. The van der Waals surface area contributed by atoms with Crippen LogP contribution in [-0.4, -0.2) is 32.1 Å². The second-order valence-electron chi connectivity index (χ2n) is 6.20. The van der Waals surface area contributed by atoms with E-state index in [0.29, 0.717) is 12.0 Å². The molecule has 3 atom stereocenters. The number of carbonyl (C=O) groups is 1. The average molecular weight is 288 g/mol. The van der Waals surface area contributed by atoms with Crippen molar-refractivity contribution < 1.29 is 9.53 Å². The molecule has 2 fully saturated rings. The van der Waals surface area contributed by atoms with E-state index in [9.17, 15) is 4.79 Å². The smallest absolute Gasteiger partial charge is 0.243 e. The number of rotatable bonds is 3. The average Bonchev–Trinajstić information content (AvgIpc) is 2.97. The molecule has 0 spiro atoms. The highest BCUT2D eigenvalue weighted by molar-refractivity contribution is 5.97. The van der Waals surface area contributed by atoms with Crippen LogP contribution in [0.2, 0.25) is 0 Å². The van der Waals surface area contributed by atoms with E-state index in [2.05, 4.69) is 5.32 Å². The summed E-state index contributed by atoms with van der Waals surface area (Å²) in [6.45, 7) is 0. The Morgan fingerprint density at radius 3 is 2.90 bits per heavy atom. The maximum Gasteiger partial charge on any atom is 0.243 e. The van der Waals surface area contributed by atoms with E-state index in [1.54, 1.807) is 12.0 Å². The Labute approximate surface area is 126 Å². The predicted octanol–water partition coefficient (Wildman–Crippen LogP) is 2.58. The molecule has 1 aromatic carbocycles. The fourth-order valence-electron chi connectivity index (χ4n) is 3.69. The minimum absolute atomic E-state index is 0.0331. The third-order valence-electron chi connectivity index (χ3n) is 4.93. The van der Waals surface area contributed by atoms with E-state index in [1.165, 1.54) is 25.7 Å². The normalized spacial score (nSPS) is 28.0. The molecule has 4 nitrogen and oxygen atoms in total. The molecule has 3 unspecified atom stereocenters. The summed E-state index contributed by atoms with van der Waals surface area (Å²) in [6.07, 6.45) is 6.08. The topological polar surface area (TPSA) is 41.6 Å². The van der Waals surface area contributed by atoms with E-state index < -0.39 is 0 Å². The molecule has 1 saturated heterocycles. The van der Waals surface area contributed by atoms with Crippen molar-refractivity contribution in [3.8, 4) is 5.75 Å². The van der Waals surface area contributed by atoms with Gasteiger partial charge in [0.15, 0.2) is 0 Å². The van der Waals surface area contributed by atoms with Crippen LogP contribution < -0.4 is 15.0 Å². The van der Waals surface area contributed by atoms with E-state index in [4.69, 9.17) is 4.74 Å². The number of fused-ring (bicyclic) bond motifs is 1. The number of amides is 1. The Morgan fingerprint density at radius 2 is 2.14 bits per heavy atom. The number of benzene rings is 1. The van der Waals surface area contributed by atoms with Crippen molar-refractivity contribution in [2.24, 2.45) is 5.92 Å². The van der Waals surface area contributed by atoms with Crippen LogP contribution in [0.15, 0.2) is 24.3 Å². The van der Waals surface area contributed by atoms with Crippen LogP contribution in [0.4, 0.5) is 5.69 Å². The van der Waals surface area contributed by atoms with Gasteiger partial charge in [-0.1, -0.05) is 18.9 Å². The first-order chi connectivity index (χ1) is 10.2. The zero-order valence-electron chi connectivity index (χ0n) is 12.8. The zero-order chi connectivity index (χ0) is 14.8. The molecule has 1 N–H and O–H groups in total. The first-order valence-electron chi connectivity index (χ1n) is 7.86. The summed E-state index contributed by atoms with van der Waals surface area (Å²) in [5.74, 6) is 1.63. The highest BCUT2D eigenvalue weighted by Crippen LogP contribution is 2.34. The highest BCUT2D eigenvalue weighted by Gasteiger charge is 2.39. The van der Waals surface area contributed by atoms with Crippen LogP contribution in [-0.2, 0) is 4.79 Å². The standard InChI is InChI=1S/C17H24N2O2/c1-19(13-7-5-8-14(11-13)21-2)17(20)16-10-12-6-3-4-9-15(12)18-16/h5,7-8,11-12,15-16,18H,3-4,6,9-10H2,1-2H3. The summed E-state index contributed by atoms with van der Waals surface area (Å²) in [6, 6.07) is 8.17. The number of methoxy groups -OCH3 is 1. The minimum atomic E-state index is -0.0331. The van der Waals surface area contributed by atoms with Crippen LogP contribution >= 0.6 is 0 Å². The molecule has 1 amide bonds. The van der Waals surface area contributed by atoms with Gasteiger partial charge in [0.05, 0.1) is 13.2 Å². The molecule has 3 rings (SSSR count). The number of carbonyl (C=O) groups excluding carboxylic acids is 1. The molecule has 1 aromatic rings. The summed E-state index contributed by atoms with van der Waals surface area (Å²) in [5.41, 5.74) is 0.885. The van der Waals surface area contributed by atoms with Crippen molar-refractivity contribution in [3.05, 3.63) is 24.3 Å². The number of nitrogens with zero attached hydrogens (tertiary/aromatic N) is 1. The third-order valence-corrected chi connectivity index (χ3v) is 4.93. The van der Waals surface area contributed by atoms with Gasteiger partial charge in [-0.2, -0.15) is 0 Å². The monoisotopic (exact) mass is 288 g/mol. The van der Waals surface area contributed by atoms with Gasteiger partial charge < -0.3 is 15.0 Å². The van der Waals surface area contributed by atoms with Gasteiger partial charge >= 0.3 is 0 Å². The molecule has 1 aliphatic carbocycles. The second kappa shape index (κ2) is 6.06. The molecular weight excluding hydrogens is 264 g/mol. The molecular formula is C17H24N2O2. The van der Waals surface area contributed by atoms with Gasteiger partial charge in [-0.05, 0) is 37.3 Å². The van der Waals surface area contributed by atoms with Gasteiger partial charge in [0.25, 0.3) is 0 Å². The predicted molar refractivity (Wildman–Crippen MR) is 83.7 cm³/mol. The van der Waals surface area contributed by atoms with Crippen molar-refractivity contribution in [3.63, 3.8) is 0 Å². The first kappa shape index (κ1) is 14.4. The van der Waals surface area contributed by atoms with Crippen LogP contribution in [0.3, 0.4) is 0 Å². The van der Waals surface area contributed by atoms with Crippen LogP contribution in [0, 0.1) is 5.92 Å². The van der Waals surface area contributed by atoms with E-state index in [1.807, 2.05) is 31.3 Å². The lowest BCUT2D eigenvalue weighted by atomic mass is 9.85. The maximum atomic E-state index is 12.7. The highest BCUT2D eigenvalue weighted by atomic mass is 16.5. The SMILES string of the molecule is COc1cccc(N(C)C(=O)C2CC3CCCCC3N2)c1. The number of nitrogens with one attached hydrogen (secondary N) is 1. The Balaban J connectivity index is 1.69. The maximum absolute atomic E-state index is 12.7. The summed E-state index contributed by atoms with van der Waals surface area (Å²) in [5, 5.41) is 3.55.